The first-order valence-corrected chi connectivity index (χ1v) is 8.50. The maximum absolute atomic E-state index is 11.2. The first kappa shape index (κ1) is 15.2. The van der Waals surface area contributed by atoms with Crippen molar-refractivity contribution in [2.24, 2.45) is 5.73 Å². The van der Waals surface area contributed by atoms with Crippen LogP contribution >= 0.6 is 0 Å². The van der Waals surface area contributed by atoms with Gasteiger partial charge in [-0.05, 0) is 30.0 Å². The van der Waals surface area contributed by atoms with Crippen molar-refractivity contribution in [3.8, 4) is 5.75 Å². The van der Waals surface area contributed by atoms with Crippen LogP contribution in [0.25, 0.3) is 0 Å². The van der Waals surface area contributed by atoms with Crippen LogP contribution in [-0.4, -0.2) is 46.8 Å². The van der Waals surface area contributed by atoms with Crippen LogP contribution in [-0.2, 0) is 12.8 Å². The normalized spacial score (nSPS) is 20.1. The molecule has 0 aliphatic carbocycles. The smallest absolute Gasteiger partial charge is 0.251 e. The predicted molar refractivity (Wildman–Crippen MR) is 90.2 cm³/mol. The second-order valence-corrected chi connectivity index (χ2v) is 6.61. The molecule has 1 saturated heterocycles. The Hall–Kier alpha value is -2.34. The Morgan fingerprint density at radius 2 is 2.33 bits per heavy atom. The highest BCUT2D eigenvalue weighted by atomic mass is 16.5. The zero-order valence-corrected chi connectivity index (χ0v) is 13.6. The van der Waals surface area contributed by atoms with Gasteiger partial charge in [0.25, 0.3) is 5.91 Å². The lowest BCUT2D eigenvalue weighted by Gasteiger charge is -2.16. The molecule has 1 aromatic carbocycles. The average molecular weight is 326 g/mol. The molecule has 1 fully saturated rings. The van der Waals surface area contributed by atoms with Gasteiger partial charge in [0.15, 0.2) is 0 Å². The number of fused-ring (bicyclic) bond motifs is 1. The van der Waals surface area contributed by atoms with Gasteiger partial charge in [-0.25, -0.2) is 0 Å². The Morgan fingerprint density at radius 1 is 1.42 bits per heavy atom. The van der Waals surface area contributed by atoms with Crippen LogP contribution in [0.5, 0.6) is 5.75 Å². The van der Waals surface area contributed by atoms with Crippen LogP contribution in [0.15, 0.2) is 30.6 Å². The van der Waals surface area contributed by atoms with Crippen LogP contribution in [0.4, 0.5) is 0 Å². The fraction of sp³-hybridized carbons (Fsp3) is 0.444. The van der Waals surface area contributed by atoms with Crippen LogP contribution in [0.2, 0.25) is 0 Å². The molecular formula is C18H22N4O2. The lowest BCUT2D eigenvalue weighted by Crippen LogP contribution is -2.24. The number of primary amides is 1. The topological polar surface area (TPSA) is 73.4 Å². The zero-order valence-electron chi connectivity index (χ0n) is 13.6. The maximum Gasteiger partial charge on any atom is 0.251 e. The summed E-state index contributed by atoms with van der Waals surface area (Å²) in [6.07, 6.45) is 6.44. The molecule has 2 aromatic rings. The molecule has 6 nitrogen and oxygen atoms in total. The molecule has 3 heterocycles. The minimum Gasteiger partial charge on any atom is -0.493 e. The molecule has 2 N–H and O–H groups in total. The second-order valence-electron chi connectivity index (χ2n) is 6.61. The summed E-state index contributed by atoms with van der Waals surface area (Å²) in [6.45, 7) is 3.88. The molecule has 1 amide bonds. The summed E-state index contributed by atoms with van der Waals surface area (Å²) >= 11 is 0. The van der Waals surface area contributed by atoms with Crippen LogP contribution in [0.3, 0.4) is 0 Å². The summed E-state index contributed by atoms with van der Waals surface area (Å²) in [6, 6.07) is 6.87. The maximum atomic E-state index is 11.2. The number of aromatic nitrogens is 2. The number of ether oxygens (including phenoxy) is 1. The molecule has 1 atom stereocenters. The highest BCUT2D eigenvalue weighted by Crippen LogP contribution is 2.26. The van der Waals surface area contributed by atoms with Crippen molar-refractivity contribution in [3.05, 3.63) is 47.3 Å². The van der Waals surface area contributed by atoms with E-state index < -0.39 is 5.91 Å². The monoisotopic (exact) mass is 326 g/mol. The van der Waals surface area contributed by atoms with Gasteiger partial charge in [0, 0.05) is 32.3 Å². The number of nitrogens with zero attached hydrogens (tertiary/aromatic N) is 3. The fourth-order valence-electron chi connectivity index (χ4n) is 3.58. The zero-order chi connectivity index (χ0) is 16.5. The summed E-state index contributed by atoms with van der Waals surface area (Å²) in [4.78, 5) is 13.6. The van der Waals surface area contributed by atoms with Gasteiger partial charge in [-0.15, -0.1) is 0 Å². The Bertz CT molecular complexity index is 755. The highest BCUT2D eigenvalue weighted by Gasteiger charge is 2.24. The average Bonchev–Trinajstić information content (AvgIpc) is 3.31. The minimum atomic E-state index is -0.420. The highest BCUT2D eigenvalue weighted by molar-refractivity contribution is 5.92. The molecule has 1 unspecified atom stereocenters. The Balaban J connectivity index is 1.33. The van der Waals surface area contributed by atoms with Crippen molar-refractivity contribution in [2.45, 2.75) is 25.3 Å². The van der Waals surface area contributed by atoms with Crippen molar-refractivity contribution in [2.75, 3.05) is 26.2 Å². The first-order valence-electron chi connectivity index (χ1n) is 8.50. The predicted octanol–water partition coefficient (Wildman–Crippen LogP) is 1.41. The number of likely N-dealkylation sites (tertiary alicyclic amines) is 1. The van der Waals surface area contributed by atoms with E-state index in [1.807, 2.05) is 4.68 Å². The molecule has 0 bridgehead atoms. The SMILES string of the molecule is NC(=O)c1cnn(C2CCN(CCc3ccc4c(c3)CCO4)C2)c1. The Kier molecular flexibility index (Phi) is 3.98. The summed E-state index contributed by atoms with van der Waals surface area (Å²) < 4.78 is 7.44. The quantitative estimate of drug-likeness (QED) is 0.901. The van der Waals surface area contributed by atoms with E-state index in [4.69, 9.17) is 10.5 Å². The fourth-order valence-corrected chi connectivity index (χ4v) is 3.58. The first-order chi connectivity index (χ1) is 11.7. The third-order valence-electron chi connectivity index (χ3n) is 4.98. The van der Waals surface area contributed by atoms with E-state index in [1.54, 1.807) is 12.4 Å². The minimum absolute atomic E-state index is 0.325. The number of rotatable bonds is 5. The Morgan fingerprint density at radius 3 is 3.17 bits per heavy atom. The molecular weight excluding hydrogens is 304 g/mol. The van der Waals surface area contributed by atoms with Gasteiger partial charge in [-0.3, -0.25) is 9.48 Å². The van der Waals surface area contributed by atoms with Crippen molar-refractivity contribution >= 4 is 5.91 Å². The van der Waals surface area contributed by atoms with E-state index in [1.165, 1.54) is 11.1 Å². The van der Waals surface area contributed by atoms with Gasteiger partial charge in [-0.2, -0.15) is 5.10 Å². The van der Waals surface area contributed by atoms with E-state index in [0.717, 1.165) is 51.3 Å². The number of carbonyl (C=O) groups is 1. The van der Waals surface area contributed by atoms with Gasteiger partial charge < -0.3 is 15.4 Å². The molecule has 1 aromatic heterocycles. The van der Waals surface area contributed by atoms with Gasteiger partial charge in [0.05, 0.1) is 24.4 Å². The van der Waals surface area contributed by atoms with Crippen molar-refractivity contribution in [1.29, 1.82) is 0 Å². The van der Waals surface area contributed by atoms with Gasteiger partial charge in [0.1, 0.15) is 5.75 Å². The largest absolute Gasteiger partial charge is 0.493 e. The lowest BCUT2D eigenvalue weighted by atomic mass is 10.1. The summed E-state index contributed by atoms with van der Waals surface area (Å²) in [7, 11) is 0. The van der Waals surface area contributed by atoms with Crippen molar-refractivity contribution in [1.82, 2.24) is 14.7 Å². The van der Waals surface area contributed by atoms with Gasteiger partial charge in [-0.1, -0.05) is 12.1 Å². The standard InChI is InChI=1S/C18H22N4O2/c19-18(23)15-10-20-22(11-15)16-4-7-21(12-16)6-3-13-1-2-17-14(9-13)5-8-24-17/h1-2,9-11,16H,3-8,12H2,(H2,19,23). The number of benzene rings is 1. The lowest BCUT2D eigenvalue weighted by molar-refractivity contribution is 0.1000. The molecule has 2 aliphatic rings. The molecule has 2 aliphatic heterocycles. The third-order valence-corrected chi connectivity index (χ3v) is 4.98. The van der Waals surface area contributed by atoms with Crippen LogP contribution in [0, 0.1) is 0 Å². The van der Waals surface area contributed by atoms with E-state index in [2.05, 4.69) is 28.2 Å². The van der Waals surface area contributed by atoms with Crippen LogP contribution < -0.4 is 10.5 Å². The molecule has 6 heteroatoms. The third kappa shape index (κ3) is 3.01. The number of carbonyl (C=O) groups excluding carboxylic acids is 1. The van der Waals surface area contributed by atoms with Gasteiger partial charge >= 0.3 is 0 Å². The van der Waals surface area contributed by atoms with Crippen molar-refractivity contribution < 1.29 is 9.53 Å². The van der Waals surface area contributed by atoms with E-state index in [0.29, 0.717) is 11.6 Å². The number of hydrogen-bond donors (Lipinski definition) is 1. The Labute approximate surface area is 141 Å². The summed E-state index contributed by atoms with van der Waals surface area (Å²) in [5.41, 5.74) is 8.48. The summed E-state index contributed by atoms with van der Waals surface area (Å²) in [5, 5.41) is 4.29. The molecule has 0 radical (unpaired) electrons. The van der Waals surface area contributed by atoms with E-state index in [9.17, 15) is 4.79 Å². The van der Waals surface area contributed by atoms with Gasteiger partial charge in [0.2, 0.25) is 0 Å². The molecule has 24 heavy (non-hydrogen) atoms. The number of hydrogen-bond acceptors (Lipinski definition) is 4. The summed E-state index contributed by atoms with van der Waals surface area (Å²) in [5.74, 6) is 0.626. The second kappa shape index (κ2) is 6.28. The van der Waals surface area contributed by atoms with Crippen molar-refractivity contribution in [3.63, 3.8) is 0 Å². The number of nitrogens with two attached hydrogens (primary N) is 1. The molecule has 4 rings (SSSR count). The van der Waals surface area contributed by atoms with Crippen LogP contribution in [0.1, 0.15) is 33.9 Å². The molecule has 0 spiro atoms. The van der Waals surface area contributed by atoms with E-state index in [-0.39, 0.29) is 0 Å². The molecule has 0 saturated carbocycles. The number of amides is 1. The van der Waals surface area contributed by atoms with E-state index >= 15 is 0 Å². The molecule has 126 valence electrons.